The van der Waals surface area contributed by atoms with E-state index in [2.05, 4.69) is 14.5 Å². The summed E-state index contributed by atoms with van der Waals surface area (Å²) in [6.45, 7) is 5.21. The van der Waals surface area contributed by atoms with E-state index in [1.54, 1.807) is 0 Å². The molecule has 1 unspecified atom stereocenters. The third-order valence-corrected chi connectivity index (χ3v) is 3.89. The van der Waals surface area contributed by atoms with Gasteiger partial charge < -0.3 is 14.6 Å². The monoisotopic (exact) mass is 237 g/mol. The Morgan fingerprint density at radius 3 is 2.71 bits per heavy atom. The van der Waals surface area contributed by atoms with Crippen LogP contribution in [0.4, 0.5) is 0 Å². The Hall–Kier alpha value is -0.870. The maximum absolute atomic E-state index is 9.55. The molecule has 0 radical (unpaired) electrons. The number of rotatable bonds is 4. The lowest BCUT2D eigenvalue weighted by Gasteiger charge is -2.33. The number of hydrogen-bond donors (Lipinski definition) is 1. The van der Waals surface area contributed by atoms with Crippen LogP contribution in [-0.2, 0) is 13.5 Å². The Labute approximate surface area is 103 Å². The van der Waals surface area contributed by atoms with Gasteiger partial charge in [-0.25, -0.2) is 4.98 Å². The molecule has 0 bridgehead atoms. The van der Waals surface area contributed by atoms with Crippen molar-refractivity contribution < 1.29 is 5.11 Å². The van der Waals surface area contributed by atoms with E-state index in [0.29, 0.717) is 5.92 Å². The van der Waals surface area contributed by atoms with Gasteiger partial charge in [0.1, 0.15) is 5.82 Å². The van der Waals surface area contributed by atoms with E-state index < -0.39 is 0 Å². The first-order chi connectivity index (χ1) is 8.16. The number of aliphatic hydroxyl groups excluding tert-OH is 1. The molecule has 1 fully saturated rings. The standard InChI is InChI=1S/C13H23N3O/c1-11(17)12-3-7-16(8-4-12)9-5-13-14-6-10-15(13)2/h6,10-12,17H,3-5,7-9H2,1-2H3. The van der Waals surface area contributed by atoms with Crippen LogP contribution in [0.2, 0.25) is 0 Å². The van der Waals surface area contributed by atoms with E-state index in [4.69, 9.17) is 0 Å². The number of likely N-dealkylation sites (tertiary alicyclic amines) is 1. The summed E-state index contributed by atoms with van der Waals surface area (Å²) in [7, 11) is 2.04. The highest BCUT2D eigenvalue weighted by Gasteiger charge is 2.22. The van der Waals surface area contributed by atoms with E-state index in [9.17, 15) is 5.11 Å². The Morgan fingerprint density at radius 1 is 1.47 bits per heavy atom. The molecule has 17 heavy (non-hydrogen) atoms. The predicted molar refractivity (Wildman–Crippen MR) is 67.8 cm³/mol. The Bertz CT molecular complexity index is 340. The summed E-state index contributed by atoms with van der Waals surface area (Å²) in [5, 5.41) is 9.55. The van der Waals surface area contributed by atoms with Crippen molar-refractivity contribution in [2.75, 3.05) is 19.6 Å². The highest BCUT2D eigenvalue weighted by molar-refractivity contribution is 4.92. The molecule has 0 amide bonds. The second-order valence-electron chi connectivity index (χ2n) is 5.12. The van der Waals surface area contributed by atoms with Crippen LogP contribution in [-0.4, -0.2) is 45.3 Å². The minimum absolute atomic E-state index is 0.147. The fraction of sp³-hybridized carbons (Fsp3) is 0.769. The number of piperidine rings is 1. The van der Waals surface area contributed by atoms with Crippen molar-refractivity contribution in [3.05, 3.63) is 18.2 Å². The molecule has 0 aromatic carbocycles. The molecule has 96 valence electrons. The first-order valence-corrected chi connectivity index (χ1v) is 6.53. The van der Waals surface area contributed by atoms with Gasteiger partial charge in [-0.2, -0.15) is 0 Å². The molecular formula is C13H23N3O. The molecule has 4 nitrogen and oxygen atoms in total. The predicted octanol–water partition coefficient (Wildman–Crippen LogP) is 1.06. The van der Waals surface area contributed by atoms with Crippen LogP contribution in [0.3, 0.4) is 0 Å². The van der Waals surface area contributed by atoms with Crippen LogP contribution in [0.15, 0.2) is 12.4 Å². The van der Waals surface area contributed by atoms with Gasteiger partial charge in [0.2, 0.25) is 0 Å². The van der Waals surface area contributed by atoms with Gasteiger partial charge in [0.15, 0.2) is 0 Å². The highest BCUT2D eigenvalue weighted by Crippen LogP contribution is 2.20. The minimum Gasteiger partial charge on any atom is -0.393 e. The zero-order chi connectivity index (χ0) is 12.3. The van der Waals surface area contributed by atoms with Crippen molar-refractivity contribution in [2.45, 2.75) is 32.3 Å². The number of nitrogens with zero attached hydrogens (tertiary/aromatic N) is 3. The van der Waals surface area contributed by atoms with Crippen molar-refractivity contribution in [3.63, 3.8) is 0 Å². The Balaban J connectivity index is 1.74. The molecule has 1 aromatic rings. The van der Waals surface area contributed by atoms with Crippen LogP contribution in [0.1, 0.15) is 25.6 Å². The summed E-state index contributed by atoms with van der Waals surface area (Å²) < 4.78 is 2.09. The number of hydrogen-bond acceptors (Lipinski definition) is 3. The minimum atomic E-state index is -0.147. The van der Waals surface area contributed by atoms with Crippen molar-refractivity contribution >= 4 is 0 Å². The first-order valence-electron chi connectivity index (χ1n) is 6.53. The Morgan fingerprint density at radius 2 is 2.18 bits per heavy atom. The molecule has 1 atom stereocenters. The average Bonchev–Trinajstić information content (AvgIpc) is 2.73. The van der Waals surface area contributed by atoms with Gasteiger partial charge in [0.05, 0.1) is 6.10 Å². The third-order valence-electron chi connectivity index (χ3n) is 3.89. The molecule has 0 spiro atoms. The molecule has 2 heterocycles. The van der Waals surface area contributed by atoms with E-state index in [-0.39, 0.29) is 6.10 Å². The van der Waals surface area contributed by atoms with E-state index >= 15 is 0 Å². The van der Waals surface area contributed by atoms with Crippen molar-refractivity contribution in [1.29, 1.82) is 0 Å². The smallest absolute Gasteiger partial charge is 0.109 e. The summed E-state index contributed by atoms with van der Waals surface area (Å²) in [6, 6.07) is 0. The SMILES string of the molecule is CC(O)C1CCN(CCc2nccn2C)CC1. The fourth-order valence-corrected chi connectivity index (χ4v) is 2.55. The van der Waals surface area contributed by atoms with E-state index in [1.165, 1.54) is 0 Å². The summed E-state index contributed by atoms with van der Waals surface area (Å²) in [5.41, 5.74) is 0. The number of aliphatic hydroxyl groups is 1. The molecule has 1 saturated heterocycles. The van der Waals surface area contributed by atoms with E-state index in [1.807, 2.05) is 26.4 Å². The lowest BCUT2D eigenvalue weighted by atomic mass is 9.92. The second-order valence-corrected chi connectivity index (χ2v) is 5.12. The largest absolute Gasteiger partial charge is 0.393 e. The molecule has 1 aromatic heterocycles. The van der Waals surface area contributed by atoms with Crippen LogP contribution in [0.5, 0.6) is 0 Å². The summed E-state index contributed by atoms with van der Waals surface area (Å²) >= 11 is 0. The Kier molecular flexibility index (Phi) is 4.18. The van der Waals surface area contributed by atoms with Crippen LogP contribution in [0.25, 0.3) is 0 Å². The van der Waals surface area contributed by atoms with Gasteiger partial charge in [0.25, 0.3) is 0 Å². The number of imidazole rings is 1. The maximum atomic E-state index is 9.55. The molecule has 4 heteroatoms. The zero-order valence-electron chi connectivity index (χ0n) is 10.8. The van der Waals surface area contributed by atoms with Crippen LogP contribution < -0.4 is 0 Å². The average molecular weight is 237 g/mol. The molecule has 0 aliphatic carbocycles. The molecular weight excluding hydrogens is 214 g/mol. The van der Waals surface area contributed by atoms with Gasteiger partial charge >= 0.3 is 0 Å². The molecule has 1 N–H and O–H groups in total. The van der Waals surface area contributed by atoms with Crippen molar-refractivity contribution in [2.24, 2.45) is 13.0 Å². The summed E-state index contributed by atoms with van der Waals surface area (Å²) in [4.78, 5) is 6.82. The topological polar surface area (TPSA) is 41.3 Å². The number of aryl methyl sites for hydroxylation is 1. The molecule has 2 rings (SSSR count). The molecule has 0 saturated carbocycles. The molecule has 1 aliphatic heterocycles. The van der Waals surface area contributed by atoms with Crippen LogP contribution in [0, 0.1) is 5.92 Å². The van der Waals surface area contributed by atoms with Crippen molar-refractivity contribution in [3.8, 4) is 0 Å². The van der Waals surface area contributed by atoms with Gasteiger partial charge in [-0.1, -0.05) is 0 Å². The maximum Gasteiger partial charge on any atom is 0.109 e. The fourth-order valence-electron chi connectivity index (χ4n) is 2.55. The third kappa shape index (κ3) is 3.30. The van der Waals surface area contributed by atoms with Gasteiger partial charge in [-0.05, 0) is 38.8 Å². The highest BCUT2D eigenvalue weighted by atomic mass is 16.3. The van der Waals surface area contributed by atoms with Gasteiger partial charge in [-0.15, -0.1) is 0 Å². The molecule has 1 aliphatic rings. The lowest BCUT2D eigenvalue weighted by Crippen LogP contribution is -2.38. The van der Waals surface area contributed by atoms with E-state index in [0.717, 1.165) is 44.7 Å². The zero-order valence-corrected chi connectivity index (χ0v) is 10.8. The van der Waals surface area contributed by atoms with Crippen molar-refractivity contribution in [1.82, 2.24) is 14.5 Å². The number of aromatic nitrogens is 2. The summed E-state index contributed by atoms with van der Waals surface area (Å²) in [6.07, 6.45) is 6.97. The van der Waals surface area contributed by atoms with Gasteiger partial charge in [-0.3, -0.25) is 0 Å². The van der Waals surface area contributed by atoms with Crippen LogP contribution >= 0.6 is 0 Å². The van der Waals surface area contributed by atoms with Gasteiger partial charge in [0, 0.05) is 32.4 Å². The lowest BCUT2D eigenvalue weighted by molar-refractivity contribution is 0.0721. The second kappa shape index (κ2) is 5.65. The first kappa shape index (κ1) is 12.6. The summed E-state index contributed by atoms with van der Waals surface area (Å²) in [5.74, 6) is 1.65. The normalized spacial score (nSPS) is 20.6. The quantitative estimate of drug-likeness (QED) is 0.851.